The lowest BCUT2D eigenvalue weighted by atomic mass is 10.1. The van der Waals surface area contributed by atoms with Gasteiger partial charge in [-0.1, -0.05) is 30.3 Å². The topological polar surface area (TPSA) is 74.8 Å². The second-order valence-corrected chi connectivity index (χ2v) is 5.23. The molecule has 0 aliphatic carbocycles. The Morgan fingerprint density at radius 3 is 2.52 bits per heavy atom. The first-order valence-electron chi connectivity index (χ1n) is 7.51. The van der Waals surface area contributed by atoms with Crippen molar-refractivity contribution in [1.82, 2.24) is 10.2 Å². The van der Waals surface area contributed by atoms with Gasteiger partial charge < -0.3 is 5.32 Å². The highest BCUT2D eigenvalue weighted by Gasteiger charge is 2.08. The Morgan fingerprint density at radius 1 is 1.04 bits per heavy atom. The smallest absolute Gasteiger partial charge is 0.264 e. The van der Waals surface area contributed by atoms with Crippen molar-refractivity contribution in [2.75, 3.05) is 5.32 Å². The van der Waals surface area contributed by atoms with Crippen LogP contribution in [0, 0.1) is 5.82 Å². The van der Waals surface area contributed by atoms with Gasteiger partial charge in [-0.25, -0.2) is 9.49 Å². The molecule has 0 aliphatic rings. The fourth-order valence-electron chi connectivity index (χ4n) is 2.23. The molecule has 0 radical (unpaired) electrons. The third kappa shape index (κ3) is 4.26. The van der Waals surface area contributed by atoms with Crippen LogP contribution in [0.25, 0.3) is 17.3 Å². The molecule has 0 saturated heterocycles. The van der Waals surface area contributed by atoms with Crippen molar-refractivity contribution >= 4 is 17.7 Å². The summed E-state index contributed by atoms with van der Waals surface area (Å²) in [4.78, 5) is 23.3. The van der Waals surface area contributed by atoms with Gasteiger partial charge in [0.15, 0.2) is 0 Å². The number of benzene rings is 2. The van der Waals surface area contributed by atoms with Gasteiger partial charge in [-0.2, -0.15) is 5.10 Å². The SMILES string of the molecule is O=C(/C=C/c1ccc(F)cc1)Nc1ccccc1-c1ccc(=O)[nH]n1. The van der Waals surface area contributed by atoms with E-state index in [0.717, 1.165) is 0 Å². The molecule has 0 spiro atoms. The highest BCUT2D eigenvalue weighted by molar-refractivity contribution is 6.04. The number of H-pyrrole nitrogens is 1. The van der Waals surface area contributed by atoms with Crippen molar-refractivity contribution in [3.8, 4) is 11.3 Å². The number of carbonyl (C=O) groups excluding carboxylic acids is 1. The molecule has 3 rings (SSSR count). The van der Waals surface area contributed by atoms with E-state index in [2.05, 4.69) is 15.5 Å². The van der Waals surface area contributed by atoms with Crippen LogP contribution in [-0.2, 0) is 4.79 Å². The number of nitrogens with zero attached hydrogens (tertiary/aromatic N) is 1. The van der Waals surface area contributed by atoms with Crippen LogP contribution in [0.1, 0.15) is 5.56 Å². The number of hydrogen-bond donors (Lipinski definition) is 2. The van der Waals surface area contributed by atoms with E-state index in [9.17, 15) is 14.0 Å². The maximum atomic E-state index is 12.9. The number of aromatic amines is 1. The van der Waals surface area contributed by atoms with Crippen molar-refractivity contribution in [2.24, 2.45) is 0 Å². The van der Waals surface area contributed by atoms with Crippen LogP contribution in [0.5, 0.6) is 0 Å². The number of para-hydroxylation sites is 1. The number of nitrogens with one attached hydrogen (secondary N) is 2. The Hall–Kier alpha value is -3.54. The largest absolute Gasteiger partial charge is 0.322 e. The second kappa shape index (κ2) is 7.35. The normalized spacial score (nSPS) is 10.8. The number of aromatic nitrogens is 2. The highest BCUT2D eigenvalue weighted by Crippen LogP contribution is 2.25. The molecule has 0 bridgehead atoms. The molecule has 2 N–H and O–H groups in total. The Labute approximate surface area is 142 Å². The molecule has 5 nitrogen and oxygen atoms in total. The van der Waals surface area contributed by atoms with Gasteiger partial charge in [0.2, 0.25) is 5.91 Å². The predicted molar refractivity (Wildman–Crippen MR) is 94.4 cm³/mol. The molecule has 2 aromatic carbocycles. The van der Waals surface area contributed by atoms with Crippen LogP contribution in [0.2, 0.25) is 0 Å². The Bertz CT molecular complexity index is 958. The lowest BCUT2D eigenvalue weighted by molar-refractivity contribution is -0.111. The zero-order valence-electron chi connectivity index (χ0n) is 13.1. The minimum absolute atomic E-state index is 0.299. The van der Waals surface area contributed by atoms with E-state index in [0.29, 0.717) is 22.5 Å². The number of amides is 1. The van der Waals surface area contributed by atoms with E-state index < -0.39 is 0 Å². The standard InChI is InChI=1S/C19H14FN3O2/c20-14-8-5-13(6-9-14)7-11-18(24)21-16-4-2-1-3-15(16)17-10-12-19(25)23-22-17/h1-12H,(H,21,24)(H,23,25)/b11-7+. The molecule has 0 aliphatic heterocycles. The third-order valence-electron chi connectivity index (χ3n) is 3.44. The summed E-state index contributed by atoms with van der Waals surface area (Å²) in [5.74, 6) is -0.662. The van der Waals surface area contributed by atoms with Gasteiger partial charge in [-0.15, -0.1) is 0 Å². The minimum Gasteiger partial charge on any atom is -0.322 e. The van der Waals surface area contributed by atoms with E-state index in [1.807, 2.05) is 6.07 Å². The molecule has 0 fully saturated rings. The van der Waals surface area contributed by atoms with Gasteiger partial charge >= 0.3 is 0 Å². The maximum Gasteiger partial charge on any atom is 0.264 e. The van der Waals surface area contributed by atoms with E-state index in [1.54, 1.807) is 42.5 Å². The molecule has 6 heteroatoms. The molecular weight excluding hydrogens is 321 g/mol. The van der Waals surface area contributed by atoms with Crippen LogP contribution in [0.4, 0.5) is 10.1 Å². The zero-order chi connectivity index (χ0) is 17.6. The Kier molecular flexibility index (Phi) is 4.80. The molecule has 0 atom stereocenters. The zero-order valence-corrected chi connectivity index (χ0v) is 13.1. The molecular formula is C19H14FN3O2. The van der Waals surface area contributed by atoms with Gasteiger partial charge in [0.05, 0.1) is 11.4 Å². The molecule has 0 unspecified atom stereocenters. The molecule has 1 aromatic heterocycles. The number of rotatable bonds is 4. The molecule has 1 amide bonds. The molecule has 0 saturated carbocycles. The summed E-state index contributed by atoms with van der Waals surface area (Å²) in [6, 6.07) is 15.9. The monoisotopic (exact) mass is 335 g/mol. The van der Waals surface area contributed by atoms with Crippen molar-refractivity contribution in [3.63, 3.8) is 0 Å². The average molecular weight is 335 g/mol. The summed E-state index contributed by atoms with van der Waals surface area (Å²) in [5, 5.41) is 9.12. The summed E-state index contributed by atoms with van der Waals surface area (Å²) < 4.78 is 12.9. The lowest BCUT2D eigenvalue weighted by Gasteiger charge is -2.08. The minimum atomic E-state index is -0.332. The molecule has 1 heterocycles. The number of halogens is 1. The highest BCUT2D eigenvalue weighted by atomic mass is 19.1. The quantitative estimate of drug-likeness (QED) is 0.719. The van der Waals surface area contributed by atoms with E-state index in [1.165, 1.54) is 24.3 Å². The van der Waals surface area contributed by atoms with Gasteiger partial charge in [0.25, 0.3) is 5.56 Å². The Balaban J connectivity index is 1.78. The average Bonchev–Trinajstić information content (AvgIpc) is 2.63. The van der Waals surface area contributed by atoms with Crippen molar-refractivity contribution < 1.29 is 9.18 Å². The molecule has 124 valence electrons. The van der Waals surface area contributed by atoms with E-state index >= 15 is 0 Å². The van der Waals surface area contributed by atoms with Crippen LogP contribution < -0.4 is 10.9 Å². The van der Waals surface area contributed by atoms with Gasteiger partial charge in [0, 0.05) is 17.7 Å². The third-order valence-corrected chi connectivity index (χ3v) is 3.44. The first-order valence-corrected chi connectivity index (χ1v) is 7.51. The molecule has 25 heavy (non-hydrogen) atoms. The van der Waals surface area contributed by atoms with Crippen LogP contribution in [-0.4, -0.2) is 16.1 Å². The van der Waals surface area contributed by atoms with Crippen molar-refractivity contribution in [3.05, 3.63) is 88.5 Å². The lowest BCUT2D eigenvalue weighted by Crippen LogP contribution is -2.10. The summed E-state index contributed by atoms with van der Waals surface area (Å²) in [7, 11) is 0. The van der Waals surface area contributed by atoms with Gasteiger partial charge in [0.1, 0.15) is 5.82 Å². The fourth-order valence-corrected chi connectivity index (χ4v) is 2.23. The number of carbonyl (C=O) groups is 1. The van der Waals surface area contributed by atoms with E-state index in [-0.39, 0.29) is 17.3 Å². The summed E-state index contributed by atoms with van der Waals surface area (Å²) >= 11 is 0. The summed E-state index contributed by atoms with van der Waals surface area (Å²) in [6.45, 7) is 0. The summed E-state index contributed by atoms with van der Waals surface area (Å²) in [6.07, 6.45) is 2.96. The fraction of sp³-hybridized carbons (Fsp3) is 0. The first-order chi connectivity index (χ1) is 12.1. The predicted octanol–water partition coefficient (Wildman–Crippen LogP) is 3.23. The van der Waals surface area contributed by atoms with Crippen LogP contribution in [0.3, 0.4) is 0 Å². The first kappa shape index (κ1) is 16.3. The van der Waals surface area contributed by atoms with Gasteiger partial charge in [-0.05, 0) is 35.9 Å². The van der Waals surface area contributed by atoms with Crippen molar-refractivity contribution in [1.29, 1.82) is 0 Å². The number of anilines is 1. The second-order valence-electron chi connectivity index (χ2n) is 5.23. The summed E-state index contributed by atoms with van der Waals surface area (Å²) in [5.41, 5.74) is 2.20. The van der Waals surface area contributed by atoms with E-state index in [4.69, 9.17) is 0 Å². The van der Waals surface area contributed by atoms with Gasteiger partial charge in [-0.3, -0.25) is 9.59 Å². The Morgan fingerprint density at radius 2 is 1.80 bits per heavy atom. The molecule has 3 aromatic rings. The van der Waals surface area contributed by atoms with Crippen molar-refractivity contribution in [2.45, 2.75) is 0 Å². The van der Waals surface area contributed by atoms with Crippen LogP contribution >= 0.6 is 0 Å². The number of hydrogen-bond acceptors (Lipinski definition) is 3. The van der Waals surface area contributed by atoms with Crippen LogP contribution in [0.15, 0.2) is 71.5 Å². The maximum absolute atomic E-state index is 12.9.